The molecule has 1 aromatic rings. The highest BCUT2D eigenvalue weighted by atomic mass is 32.1. The Morgan fingerprint density at radius 3 is 2.95 bits per heavy atom. The van der Waals surface area contributed by atoms with Crippen molar-refractivity contribution in [2.75, 3.05) is 13.7 Å². The van der Waals surface area contributed by atoms with Gasteiger partial charge in [-0.05, 0) is 25.7 Å². The lowest BCUT2D eigenvalue weighted by atomic mass is 9.97. The SMILES string of the molecule is COc1csc(C(=O)N2CCCC[C@@H]2CCC(=O)O)c1. The Morgan fingerprint density at radius 1 is 1.50 bits per heavy atom. The number of carbonyl (C=O) groups excluding carboxylic acids is 1. The summed E-state index contributed by atoms with van der Waals surface area (Å²) in [7, 11) is 1.58. The number of carboxylic acid groups (broad SMARTS) is 1. The van der Waals surface area contributed by atoms with E-state index in [0.717, 1.165) is 19.3 Å². The second-order valence-corrected chi connectivity index (χ2v) is 5.84. The van der Waals surface area contributed by atoms with Crippen LogP contribution in [-0.4, -0.2) is 41.6 Å². The first-order chi connectivity index (χ1) is 9.61. The summed E-state index contributed by atoms with van der Waals surface area (Å²) in [6.07, 6.45) is 3.58. The summed E-state index contributed by atoms with van der Waals surface area (Å²) in [6.45, 7) is 0.712. The predicted octanol–water partition coefficient (Wildman–Crippen LogP) is 2.62. The first kappa shape index (κ1) is 14.8. The number of ether oxygens (including phenoxy) is 1. The third-order valence-electron chi connectivity index (χ3n) is 3.60. The van der Waals surface area contributed by atoms with E-state index >= 15 is 0 Å². The normalized spacial score (nSPS) is 18.9. The number of carboxylic acids is 1. The van der Waals surface area contributed by atoms with Gasteiger partial charge >= 0.3 is 5.97 Å². The van der Waals surface area contributed by atoms with Crippen LogP contribution in [0.1, 0.15) is 41.8 Å². The number of nitrogens with zero attached hydrogens (tertiary/aromatic N) is 1. The van der Waals surface area contributed by atoms with Gasteiger partial charge in [-0.25, -0.2) is 0 Å². The van der Waals surface area contributed by atoms with Crippen LogP contribution in [0.3, 0.4) is 0 Å². The number of likely N-dealkylation sites (tertiary alicyclic amines) is 1. The molecule has 6 heteroatoms. The summed E-state index contributed by atoms with van der Waals surface area (Å²) in [5.74, 6) is -0.119. The molecule has 0 unspecified atom stereocenters. The van der Waals surface area contributed by atoms with Crippen LogP contribution in [0.15, 0.2) is 11.4 Å². The number of hydrogen-bond donors (Lipinski definition) is 1. The first-order valence-corrected chi connectivity index (χ1v) is 7.65. The molecule has 0 spiro atoms. The Labute approximate surface area is 122 Å². The first-order valence-electron chi connectivity index (χ1n) is 6.77. The summed E-state index contributed by atoms with van der Waals surface area (Å²) in [6, 6.07) is 1.79. The van der Waals surface area contributed by atoms with Gasteiger partial charge in [0.1, 0.15) is 5.75 Å². The molecular formula is C14H19NO4S. The van der Waals surface area contributed by atoms with Gasteiger partial charge in [-0.2, -0.15) is 0 Å². The lowest BCUT2D eigenvalue weighted by molar-refractivity contribution is -0.137. The van der Waals surface area contributed by atoms with E-state index in [2.05, 4.69) is 0 Å². The molecule has 1 aliphatic heterocycles. The minimum Gasteiger partial charge on any atom is -0.496 e. The van der Waals surface area contributed by atoms with Crippen LogP contribution in [0, 0.1) is 0 Å². The largest absolute Gasteiger partial charge is 0.496 e. The zero-order valence-corrected chi connectivity index (χ0v) is 12.3. The molecule has 1 saturated heterocycles. The van der Waals surface area contributed by atoms with Gasteiger partial charge in [0, 0.05) is 30.5 Å². The zero-order chi connectivity index (χ0) is 14.5. The van der Waals surface area contributed by atoms with Gasteiger partial charge in [0.2, 0.25) is 0 Å². The Balaban J connectivity index is 2.06. The molecule has 1 atom stereocenters. The molecular weight excluding hydrogens is 278 g/mol. The van der Waals surface area contributed by atoms with Crippen molar-refractivity contribution in [1.29, 1.82) is 0 Å². The summed E-state index contributed by atoms with van der Waals surface area (Å²) in [4.78, 5) is 25.7. The van der Waals surface area contributed by atoms with Crippen molar-refractivity contribution in [2.24, 2.45) is 0 Å². The highest BCUT2D eigenvalue weighted by molar-refractivity contribution is 7.12. The standard InChI is InChI=1S/C14H19NO4S/c1-19-11-8-12(20-9-11)14(18)15-7-3-2-4-10(15)5-6-13(16)17/h8-10H,2-7H2,1H3,(H,16,17)/t10-/m1/s1. The average molecular weight is 297 g/mol. The Hall–Kier alpha value is -1.56. The monoisotopic (exact) mass is 297 g/mol. The van der Waals surface area contributed by atoms with Crippen molar-refractivity contribution < 1.29 is 19.4 Å². The lowest BCUT2D eigenvalue weighted by Gasteiger charge is -2.35. The fourth-order valence-corrected chi connectivity index (χ4v) is 3.35. The van der Waals surface area contributed by atoms with Crippen LogP contribution in [0.4, 0.5) is 0 Å². The Bertz CT molecular complexity index is 485. The van der Waals surface area contributed by atoms with Crippen LogP contribution in [0.2, 0.25) is 0 Å². The molecule has 0 aromatic carbocycles. The summed E-state index contributed by atoms with van der Waals surface area (Å²) in [5.41, 5.74) is 0. The van der Waals surface area contributed by atoms with Crippen LogP contribution in [-0.2, 0) is 4.79 Å². The molecule has 2 rings (SSSR count). The molecule has 0 radical (unpaired) electrons. The number of amides is 1. The van der Waals surface area contributed by atoms with Crippen molar-refractivity contribution in [3.63, 3.8) is 0 Å². The van der Waals surface area contributed by atoms with Crippen molar-refractivity contribution in [3.8, 4) is 5.75 Å². The topological polar surface area (TPSA) is 66.8 Å². The zero-order valence-electron chi connectivity index (χ0n) is 11.5. The molecule has 1 aliphatic rings. The molecule has 0 saturated carbocycles. The molecule has 1 amide bonds. The summed E-state index contributed by atoms with van der Waals surface area (Å²) in [5, 5.41) is 10.6. The summed E-state index contributed by atoms with van der Waals surface area (Å²) < 4.78 is 5.10. The highest BCUT2D eigenvalue weighted by Crippen LogP contribution is 2.27. The second kappa shape index (κ2) is 6.74. The number of thiophene rings is 1. The van der Waals surface area contributed by atoms with E-state index in [1.807, 2.05) is 10.3 Å². The molecule has 1 aromatic heterocycles. The van der Waals surface area contributed by atoms with Gasteiger partial charge in [0.25, 0.3) is 5.91 Å². The van der Waals surface area contributed by atoms with Crippen molar-refractivity contribution in [2.45, 2.75) is 38.1 Å². The van der Waals surface area contributed by atoms with Crippen molar-refractivity contribution >= 4 is 23.2 Å². The molecule has 5 nitrogen and oxygen atoms in total. The van der Waals surface area contributed by atoms with E-state index < -0.39 is 5.97 Å². The molecule has 0 aliphatic carbocycles. The van der Waals surface area contributed by atoms with Gasteiger partial charge in [-0.3, -0.25) is 9.59 Å². The number of piperidine rings is 1. The van der Waals surface area contributed by atoms with Gasteiger partial charge < -0.3 is 14.7 Å². The van der Waals surface area contributed by atoms with Crippen LogP contribution in [0.25, 0.3) is 0 Å². The van der Waals surface area contributed by atoms with E-state index in [0.29, 0.717) is 23.6 Å². The number of aliphatic carboxylic acids is 1. The Morgan fingerprint density at radius 2 is 2.30 bits per heavy atom. The second-order valence-electron chi connectivity index (χ2n) is 4.93. The smallest absolute Gasteiger partial charge is 0.303 e. The molecule has 1 N–H and O–H groups in total. The third-order valence-corrected chi connectivity index (χ3v) is 4.50. The van der Waals surface area contributed by atoms with Gasteiger partial charge in [0.15, 0.2) is 0 Å². The number of methoxy groups -OCH3 is 1. The van der Waals surface area contributed by atoms with E-state index in [4.69, 9.17) is 9.84 Å². The fourth-order valence-electron chi connectivity index (χ4n) is 2.54. The average Bonchev–Trinajstić information content (AvgIpc) is 2.93. The van der Waals surface area contributed by atoms with Gasteiger partial charge in [0.05, 0.1) is 12.0 Å². The van der Waals surface area contributed by atoms with Crippen LogP contribution in [0.5, 0.6) is 5.75 Å². The minimum atomic E-state index is -0.805. The van der Waals surface area contributed by atoms with Crippen LogP contribution >= 0.6 is 11.3 Å². The molecule has 110 valence electrons. The minimum absolute atomic E-state index is 0.00612. The van der Waals surface area contributed by atoms with E-state index in [9.17, 15) is 9.59 Å². The predicted molar refractivity (Wildman–Crippen MR) is 76.4 cm³/mol. The summed E-state index contributed by atoms with van der Waals surface area (Å²) >= 11 is 1.37. The third kappa shape index (κ3) is 3.50. The van der Waals surface area contributed by atoms with Crippen molar-refractivity contribution in [3.05, 3.63) is 16.3 Å². The molecule has 0 bridgehead atoms. The van der Waals surface area contributed by atoms with Crippen molar-refractivity contribution in [1.82, 2.24) is 4.90 Å². The maximum absolute atomic E-state index is 12.5. The lowest BCUT2D eigenvalue weighted by Crippen LogP contribution is -2.43. The number of carbonyl (C=O) groups is 2. The molecule has 1 fully saturated rings. The van der Waals surface area contributed by atoms with E-state index in [1.54, 1.807) is 13.2 Å². The molecule has 2 heterocycles. The van der Waals surface area contributed by atoms with Gasteiger partial charge in [-0.15, -0.1) is 11.3 Å². The van der Waals surface area contributed by atoms with E-state index in [-0.39, 0.29) is 18.4 Å². The van der Waals surface area contributed by atoms with Gasteiger partial charge in [-0.1, -0.05) is 0 Å². The molecule has 20 heavy (non-hydrogen) atoms. The van der Waals surface area contributed by atoms with Crippen LogP contribution < -0.4 is 4.74 Å². The fraction of sp³-hybridized carbons (Fsp3) is 0.571. The maximum atomic E-state index is 12.5. The number of hydrogen-bond acceptors (Lipinski definition) is 4. The highest BCUT2D eigenvalue weighted by Gasteiger charge is 2.28. The Kier molecular flexibility index (Phi) is 5.00. The quantitative estimate of drug-likeness (QED) is 0.907. The number of rotatable bonds is 5. The van der Waals surface area contributed by atoms with E-state index in [1.165, 1.54) is 11.3 Å². The maximum Gasteiger partial charge on any atom is 0.303 e.